The molecule has 0 radical (unpaired) electrons. The van der Waals surface area contributed by atoms with Crippen molar-refractivity contribution < 1.29 is 9.47 Å². The molecule has 0 aliphatic rings. The van der Waals surface area contributed by atoms with Crippen molar-refractivity contribution in [1.82, 2.24) is 9.97 Å². The fraction of sp³-hybridized carbons (Fsp3) is 0.200. The Morgan fingerprint density at radius 1 is 0.692 bits per heavy atom. The summed E-state index contributed by atoms with van der Waals surface area (Å²) in [5.74, 6) is 3.42. The molecule has 0 spiro atoms. The third kappa shape index (κ3) is 4.22. The van der Waals surface area contributed by atoms with Gasteiger partial charge < -0.3 is 20.1 Å². The Hall–Kier alpha value is -3.28. The SMILES string of the molecule is COc1ccc(Nc2cc(Nc3ccc(C)cc3)nc(C)n2)cc1OC. The Bertz CT molecular complexity index is 895. The van der Waals surface area contributed by atoms with Gasteiger partial charge in [0, 0.05) is 23.5 Å². The third-order valence-corrected chi connectivity index (χ3v) is 3.82. The largest absolute Gasteiger partial charge is 0.493 e. The molecule has 6 nitrogen and oxygen atoms in total. The lowest BCUT2D eigenvalue weighted by atomic mass is 10.2. The molecule has 0 bridgehead atoms. The Morgan fingerprint density at radius 2 is 1.27 bits per heavy atom. The first-order valence-corrected chi connectivity index (χ1v) is 8.26. The van der Waals surface area contributed by atoms with Crippen LogP contribution < -0.4 is 20.1 Å². The molecule has 0 atom stereocenters. The van der Waals surface area contributed by atoms with Crippen molar-refractivity contribution in [2.45, 2.75) is 13.8 Å². The Kier molecular flexibility index (Phi) is 5.22. The molecule has 134 valence electrons. The highest BCUT2D eigenvalue weighted by atomic mass is 16.5. The highest BCUT2D eigenvalue weighted by molar-refractivity contribution is 5.65. The topological polar surface area (TPSA) is 68.3 Å². The maximum atomic E-state index is 5.34. The predicted molar refractivity (Wildman–Crippen MR) is 104 cm³/mol. The number of hydrogen-bond donors (Lipinski definition) is 2. The van der Waals surface area contributed by atoms with Crippen LogP contribution in [0.15, 0.2) is 48.5 Å². The van der Waals surface area contributed by atoms with Crippen molar-refractivity contribution in [3.8, 4) is 11.5 Å². The van der Waals surface area contributed by atoms with Crippen LogP contribution in [0.1, 0.15) is 11.4 Å². The second kappa shape index (κ2) is 7.74. The zero-order chi connectivity index (χ0) is 18.5. The number of aromatic nitrogens is 2. The van der Waals surface area contributed by atoms with Crippen LogP contribution in [0.2, 0.25) is 0 Å². The molecular weight excluding hydrogens is 328 g/mol. The van der Waals surface area contributed by atoms with Gasteiger partial charge in [0.05, 0.1) is 14.2 Å². The van der Waals surface area contributed by atoms with Gasteiger partial charge in [0.2, 0.25) is 0 Å². The molecule has 0 amide bonds. The second-order valence-corrected chi connectivity index (χ2v) is 5.87. The van der Waals surface area contributed by atoms with Gasteiger partial charge in [-0.15, -0.1) is 0 Å². The van der Waals surface area contributed by atoms with E-state index in [1.165, 1.54) is 5.56 Å². The Labute approximate surface area is 153 Å². The smallest absolute Gasteiger partial charge is 0.162 e. The fourth-order valence-corrected chi connectivity index (χ4v) is 2.54. The van der Waals surface area contributed by atoms with E-state index in [-0.39, 0.29) is 0 Å². The second-order valence-electron chi connectivity index (χ2n) is 5.87. The van der Waals surface area contributed by atoms with Crippen molar-refractivity contribution in [2.24, 2.45) is 0 Å². The molecule has 0 aliphatic heterocycles. The maximum absolute atomic E-state index is 5.34. The van der Waals surface area contributed by atoms with Crippen LogP contribution in [0.4, 0.5) is 23.0 Å². The Balaban J connectivity index is 1.82. The van der Waals surface area contributed by atoms with Gasteiger partial charge in [-0.2, -0.15) is 0 Å². The summed E-state index contributed by atoms with van der Waals surface area (Å²) in [6, 6.07) is 15.6. The molecule has 3 aromatic rings. The minimum Gasteiger partial charge on any atom is -0.493 e. The minimum absolute atomic E-state index is 0.654. The van der Waals surface area contributed by atoms with Gasteiger partial charge in [0.1, 0.15) is 17.5 Å². The fourth-order valence-electron chi connectivity index (χ4n) is 2.54. The summed E-state index contributed by atoms with van der Waals surface area (Å²) in [6.45, 7) is 3.92. The summed E-state index contributed by atoms with van der Waals surface area (Å²) in [4.78, 5) is 8.90. The van der Waals surface area contributed by atoms with Gasteiger partial charge in [-0.25, -0.2) is 9.97 Å². The van der Waals surface area contributed by atoms with Crippen LogP contribution in [0.5, 0.6) is 11.5 Å². The molecule has 1 aromatic heterocycles. The van der Waals surface area contributed by atoms with Gasteiger partial charge in [0.15, 0.2) is 11.5 Å². The van der Waals surface area contributed by atoms with Crippen LogP contribution in [0, 0.1) is 13.8 Å². The number of aryl methyl sites for hydroxylation is 2. The van der Waals surface area contributed by atoms with Crippen LogP contribution in [-0.4, -0.2) is 24.2 Å². The molecule has 6 heteroatoms. The first-order chi connectivity index (χ1) is 12.6. The number of anilines is 4. The molecule has 1 heterocycles. The number of methoxy groups -OCH3 is 2. The number of benzene rings is 2. The number of rotatable bonds is 6. The van der Waals surface area contributed by atoms with Gasteiger partial charge in [-0.3, -0.25) is 0 Å². The summed E-state index contributed by atoms with van der Waals surface area (Å²) in [5.41, 5.74) is 3.04. The molecular formula is C20H22N4O2. The van der Waals surface area contributed by atoms with Gasteiger partial charge >= 0.3 is 0 Å². The van der Waals surface area contributed by atoms with E-state index in [0.717, 1.165) is 17.2 Å². The van der Waals surface area contributed by atoms with E-state index < -0.39 is 0 Å². The monoisotopic (exact) mass is 350 g/mol. The van der Waals surface area contributed by atoms with E-state index in [1.54, 1.807) is 14.2 Å². The average Bonchev–Trinajstić information content (AvgIpc) is 2.63. The highest BCUT2D eigenvalue weighted by Crippen LogP contribution is 2.31. The average molecular weight is 350 g/mol. The first-order valence-electron chi connectivity index (χ1n) is 8.26. The van der Waals surface area contributed by atoms with Crippen molar-refractivity contribution >= 4 is 23.0 Å². The predicted octanol–water partition coefficient (Wildman–Crippen LogP) is 4.60. The van der Waals surface area contributed by atoms with Gasteiger partial charge in [-0.05, 0) is 38.1 Å². The van der Waals surface area contributed by atoms with E-state index in [2.05, 4.69) is 39.7 Å². The van der Waals surface area contributed by atoms with E-state index in [4.69, 9.17) is 9.47 Å². The lowest BCUT2D eigenvalue weighted by molar-refractivity contribution is 0.355. The van der Waals surface area contributed by atoms with Gasteiger partial charge in [0.25, 0.3) is 0 Å². The summed E-state index contributed by atoms with van der Waals surface area (Å²) < 4.78 is 10.6. The van der Waals surface area contributed by atoms with Crippen molar-refractivity contribution in [2.75, 3.05) is 24.9 Å². The Morgan fingerprint density at radius 3 is 1.88 bits per heavy atom. The zero-order valence-corrected chi connectivity index (χ0v) is 15.3. The number of nitrogens with one attached hydrogen (secondary N) is 2. The standard InChI is InChI=1S/C20H22N4O2/c1-13-5-7-15(8-6-13)23-19-12-20(22-14(2)21-19)24-16-9-10-17(25-3)18(11-16)26-4/h5-12H,1-4H3,(H2,21,22,23,24). The van der Waals surface area contributed by atoms with Gasteiger partial charge in [-0.1, -0.05) is 17.7 Å². The van der Waals surface area contributed by atoms with Crippen molar-refractivity contribution in [3.63, 3.8) is 0 Å². The third-order valence-electron chi connectivity index (χ3n) is 3.82. The molecule has 0 saturated carbocycles. The molecule has 0 aliphatic carbocycles. The lowest BCUT2D eigenvalue weighted by Gasteiger charge is -2.12. The van der Waals surface area contributed by atoms with E-state index >= 15 is 0 Å². The summed E-state index contributed by atoms with van der Waals surface area (Å²) in [6.07, 6.45) is 0. The molecule has 0 fully saturated rings. The number of hydrogen-bond acceptors (Lipinski definition) is 6. The quantitative estimate of drug-likeness (QED) is 0.677. The normalized spacial score (nSPS) is 10.3. The highest BCUT2D eigenvalue weighted by Gasteiger charge is 2.07. The molecule has 26 heavy (non-hydrogen) atoms. The first kappa shape index (κ1) is 17.5. The summed E-state index contributed by atoms with van der Waals surface area (Å²) in [5, 5.41) is 6.58. The van der Waals surface area contributed by atoms with E-state index in [0.29, 0.717) is 23.1 Å². The molecule has 2 aromatic carbocycles. The van der Waals surface area contributed by atoms with E-state index in [1.807, 2.05) is 43.3 Å². The minimum atomic E-state index is 0.654. The van der Waals surface area contributed by atoms with Crippen LogP contribution in [0.25, 0.3) is 0 Å². The molecule has 0 saturated heterocycles. The van der Waals surface area contributed by atoms with E-state index in [9.17, 15) is 0 Å². The maximum Gasteiger partial charge on any atom is 0.162 e. The number of nitrogens with zero attached hydrogens (tertiary/aromatic N) is 2. The lowest BCUT2D eigenvalue weighted by Crippen LogP contribution is -2.02. The molecule has 2 N–H and O–H groups in total. The van der Waals surface area contributed by atoms with Crippen molar-refractivity contribution in [3.05, 3.63) is 59.9 Å². The summed E-state index contributed by atoms with van der Waals surface area (Å²) in [7, 11) is 3.22. The molecule has 0 unspecified atom stereocenters. The van der Waals surface area contributed by atoms with Crippen molar-refractivity contribution in [1.29, 1.82) is 0 Å². The zero-order valence-electron chi connectivity index (χ0n) is 15.3. The van der Waals surface area contributed by atoms with Crippen LogP contribution >= 0.6 is 0 Å². The van der Waals surface area contributed by atoms with Crippen LogP contribution in [0.3, 0.4) is 0 Å². The van der Waals surface area contributed by atoms with Crippen LogP contribution in [-0.2, 0) is 0 Å². The summed E-state index contributed by atoms with van der Waals surface area (Å²) >= 11 is 0. The number of ether oxygens (including phenoxy) is 2. The molecule has 3 rings (SSSR count).